The zero-order valence-corrected chi connectivity index (χ0v) is 11.6. The number of rotatable bonds is 2. The van der Waals surface area contributed by atoms with E-state index in [-0.39, 0.29) is 0 Å². The summed E-state index contributed by atoms with van der Waals surface area (Å²) in [6.45, 7) is 2.48. The molecule has 3 heteroatoms. The van der Waals surface area contributed by atoms with Gasteiger partial charge in [0.1, 0.15) is 5.82 Å². The molecule has 2 aromatic rings. The summed E-state index contributed by atoms with van der Waals surface area (Å²) in [6, 6.07) is 10.9. The lowest BCUT2D eigenvalue weighted by atomic mass is 10.1. The summed E-state index contributed by atoms with van der Waals surface area (Å²) in [5.41, 5.74) is 12.7. The van der Waals surface area contributed by atoms with Gasteiger partial charge in [0.15, 0.2) is 0 Å². The number of hydrogen-bond donors (Lipinski definition) is 1. The fourth-order valence-electron chi connectivity index (χ4n) is 3.42. The summed E-state index contributed by atoms with van der Waals surface area (Å²) in [7, 11) is 0. The predicted molar refractivity (Wildman–Crippen MR) is 80.5 cm³/mol. The molecule has 1 aliphatic heterocycles. The lowest BCUT2D eigenvalue weighted by Crippen LogP contribution is -2.20. The van der Waals surface area contributed by atoms with Gasteiger partial charge in [-0.2, -0.15) is 0 Å². The first-order valence-electron chi connectivity index (χ1n) is 7.38. The molecule has 4 rings (SSSR count). The van der Waals surface area contributed by atoms with E-state index in [2.05, 4.69) is 35.2 Å². The quantitative estimate of drug-likeness (QED) is 0.907. The maximum atomic E-state index is 5.95. The van der Waals surface area contributed by atoms with E-state index in [1.165, 1.54) is 34.4 Å². The standard InChI is InChI=1S/C17H19N3/c18-9-15-8-12-6-3-7-16(12)19-17(15)20-10-13-4-1-2-5-14(13)11-20/h1-2,4-5,8H,3,6-7,9-11,18H2. The molecule has 2 N–H and O–H groups in total. The molecule has 0 fully saturated rings. The predicted octanol–water partition coefficient (Wildman–Crippen LogP) is 2.55. The number of pyridine rings is 1. The van der Waals surface area contributed by atoms with Crippen molar-refractivity contribution < 1.29 is 0 Å². The van der Waals surface area contributed by atoms with Gasteiger partial charge in [-0.05, 0) is 42.0 Å². The van der Waals surface area contributed by atoms with E-state index >= 15 is 0 Å². The van der Waals surface area contributed by atoms with Gasteiger partial charge in [-0.15, -0.1) is 0 Å². The highest BCUT2D eigenvalue weighted by atomic mass is 15.2. The third-order valence-corrected chi connectivity index (χ3v) is 4.47. The largest absolute Gasteiger partial charge is 0.348 e. The summed E-state index contributed by atoms with van der Waals surface area (Å²) in [5, 5.41) is 0. The Kier molecular flexibility index (Phi) is 2.74. The molecule has 0 bridgehead atoms. The summed E-state index contributed by atoms with van der Waals surface area (Å²) < 4.78 is 0. The van der Waals surface area contributed by atoms with Crippen molar-refractivity contribution in [2.24, 2.45) is 5.73 Å². The van der Waals surface area contributed by atoms with Crippen molar-refractivity contribution in [3.05, 3.63) is 58.3 Å². The second-order valence-corrected chi connectivity index (χ2v) is 5.76. The van der Waals surface area contributed by atoms with Crippen LogP contribution in [0.15, 0.2) is 30.3 Å². The molecule has 0 saturated carbocycles. The molecular formula is C17H19N3. The van der Waals surface area contributed by atoms with E-state index in [9.17, 15) is 0 Å². The van der Waals surface area contributed by atoms with E-state index in [1.807, 2.05) is 0 Å². The number of fused-ring (bicyclic) bond motifs is 2. The lowest BCUT2D eigenvalue weighted by Gasteiger charge is -2.21. The summed E-state index contributed by atoms with van der Waals surface area (Å²) in [6.07, 6.45) is 3.51. The van der Waals surface area contributed by atoms with Crippen LogP contribution in [0.4, 0.5) is 5.82 Å². The number of anilines is 1. The number of aryl methyl sites for hydroxylation is 2. The minimum absolute atomic E-state index is 0.572. The smallest absolute Gasteiger partial charge is 0.133 e. The van der Waals surface area contributed by atoms with E-state index in [4.69, 9.17) is 10.7 Å². The number of nitrogens with zero attached hydrogens (tertiary/aromatic N) is 2. The van der Waals surface area contributed by atoms with Crippen molar-refractivity contribution in [3.63, 3.8) is 0 Å². The minimum atomic E-state index is 0.572. The topological polar surface area (TPSA) is 42.1 Å². The summed E-state index contributed by atoms with van der Waals surface area (Å²) in [4.78, 5) is 7.30. The Bertz CT molecular complexity index is 638. The van der Waals surface area contributed by atoms with Gasteiger partial charge in [0, 0.05) is 30.9 Å². The summed E-state index contributed by atoms with van der Waals surface area (Å²) >= 11 is 0. The van der Waals surface area contributed by atoms with Crippen LogP contribution < -0.4 is 10.6 Å². The van der Waals surface area contributed by atoms with Crippen molar-refractivity contribution in [2.75, 3.05) is 4.90 Å². The highest BCUT2D eigenvalue weighted by molar-refractivity contribution is 5.54. The SMILES string of the molecule is NCc1cc2c(nc1N1Cc3ccccc3C1)CCC2. The Morgan fingerprint density at radius 1 is 1.05 bits per heavy atom. The first-order valence-corrected chi connectivity index (χ1v) is 7.38. The number of benzene rings is 1. The molecular weight excluding hydrogens is 246 g/mol. The van der Waals surface area contributed by atoms with Crippen molar-refractivity contribution in [1.29, 1.82) is 0 Å². The van der Waals surface area contributed by atoms with Gasteiger partial charge in [0.05, 0.1) is 0 Å². The molecule has 0 amide bonds. The van der Waals surface area contributed by atoms with Crippen LogP contribution in [0.25, 0.3) is 0 Å². The molecule has 102 valence electrons. The second-order valence-electron chi connectivity index (χ2n) is 5.76. The van der Waals surface area contributed by atoms with Crippen LogP contribution in [0, 0.1) is 0 Å². The molecule has 0 saturated heterocycles. The fraction of sp³-hybridized carbons (Fsp3) is 0.353. The van der Waals surface area contributed by atoms with E-state index in [1.54, 1.807) is 0 Å². The van der Waals surface area contributed by atoms with Crippen molar-refractivity contribution in [1.82, 2.24) is 4.98 Å². The van der Waals surface area contributed by atoms with Crippen LogP contribution in [0.3, 0.4) is 0 Å². The van der Waals surface area contributed by atoms with Gasteiger partial charge in [-0.3, -0.25) is 0 Å². The maximum Gasteiger partial charge on any atom is 0.133 e. The number of hydrogen-bond acceptors (Lipinski definition) is 3. The monoisotopic (exact) mass is 265 g/mol. The van der Waals surface area contributed by atoms with Crippen molar-refractivity contribution in [2.45, 2.75) is 38.9 Å². The maximum absolute atomic E-state index is 5.95. The molecule has 0 atom stereocenters. The Balaban J connectivity index is 1.73. The Labute approximate surface area is 119 Å². The van der Waals surface area contributed by atoms with Gasteiger partial charge >= 0.3 is 0 Å². The Morgan fingerprint density at radius 3 is 2.50 bits per heavy atom. The average molecular weight is 265 g/mol. The van der Waals surface area contributed by atoms with Gasteiger partial charge in [-0.25, -0.2) is 4.98 Å². The highest BCUT2D eigenvalue weighted by Crippen LogP contribution is 2.32. The highest BCUT2D eigenvalue weighted by Gasteiger charge is 2.24. The lowest BCUT2D eigenvalue weighted by molar-refractivity contribution is 0.828. The average Bonchev–Trinajstić information content (AvgIpc) is 3.11. The summed E-state index contributed by atoms with van der Waals surface area (Å²) in [5.74, 6) is 1.10. The van der Waals surface area contributed by atoms with Crippen LogP contribution in [0.1, 0.15) is 34.4 Å². The van der Waals surface area contributed by atoms with Gasteiger partial charge in [0.2, 0.25) is 0 Å². The normalized spacial score (nSPS) is 16.4. The fourth-order valence-corrected chi connectivity index (χ4v) is 3.42. The molecule has 1 aromatic carbocycles. The number of aromatic nitrogens is 1. The molecule has 3 nitrogen and oxygen atoms in total. The first-order chi connectivity index (χ1) is 9.85. The second kappa shape index (κ2) is 4.60. The van der Waals surface area contributed by atoms with Crippen molar-refractivity contribution in [3.8, 4) is 0 Å². The van der Waals surface area contributed by atoms with Crippen LogP contribution in [0.5, 0.6) is 0 Å². The van der Waals surface area contributed by atoms with Gasteiger partial charge in [0.25, 0.3) is 0 Å². The molecule has 1 aromatic heterocycles. The van der Waals surface area contributed by atoms with Gasteiger partial charge in [-0.1, -0.05) is 24.3 Å². The first kappa shape index (κ1) is 11.9. The van der Waals surface area contributed by atoms with Crippen LogP contribution in [-0.2, 0) is 32.5 Å². The molecule has 0 radical (unpaired) electrons. The van der Waals surface area contributed by atoms with Crippen LogP contribution in [-0.4, -0.2) is 4.98 Å². The van der Waals surface area contributed by atoms with Gasteiger partial charge < -0.3 is 10.6 Å². The van der Waals surface area contributed by atoms with Crippen molar-refractivity contribution >= 4 is 5.82 Å². The Morgan fingerprint density at radius 2 is 1.80 bits per heavy atom. The van der Waals surface area contributed by atoms with Crippen LogP contribution >= 0.6 is 0 Å². The van der Waals surface area contributed by atoms with E-state index < -0.39 is 0 Å². The van der Waals surface area contributed by atoms with E-state index in [0.29, 0.717) is 6.54 Å². The van der Waals surface area contributed by atoms with Crippen LogP contribution in [0.2, 0.25) is 0 Å². The molecule has 0 unspecified atom stereocenters. The zero-order valence-electron chi connectivity index (χ0n) is 11.6. The number of nitrogens with two attached hydrogens (primary N) is 1. The third-order valence-electron chi connectivity index (χ3n) is 4.47. The minimum Gasteiger partial charge on any atom is -0.348 e. The molecule has 2 aliphatic rings. The third kappa shape index (κ3) is 1.81. The Hall–Kier alpha value is -1.87. The molecule has 20 heavy (non-hydrogen) atoms. The molecule has 1 aliphatic carbocycles. The molecule has 0 spiro atoms. The van der Waals surface area contributed by atoms with E-state index in [0.717, 1.165) is 31.7 Å². The molecule has 2 heterocycles. The zero-order chi connectivity index (χ0) is 13.5.